The van der Waals surface area contributed by atoms with Gasteiger partial charge in [0.2, 0.25) is 11.8 Å². The number of imide groups is 1. The van der Waals surface area contributed by atoms with Crippen LogP contribution in [0, 0.1) is 0 Å². The number of anilines is 1. The van der Waals surface area contributed by atoms with E-state index in [-0.39, 0.29) is 30.7 Å². The molecular weight excluding hydrogens is 222 g/mol. The summed E-state index contributed by atoms with van der Waals surface area (Å²) in [6.45, 7) is 1.64. The van der Waals surface area contributed by atoms with Gasteiger partial charge in [0, 0.05) is 11.8 Å². The molecule has 6 heteroatoms. The number of amides is 2. The van der Waals surface area contributed by atoms with Crippen LogP contribution in [-0.2, 0) is 9.59 Å². The molecule has 0 aromatic carbocycles. The molecule has 0 atom stereocenters. The number of hydrogen-bond acceptors (Lipinski definition) is 5. The summed E-state index contributed by atoms with van der Waals surface area (Å²) in [5.74, 6) is -0.257. The highest BCUT2D eigenvalue weighted by Gasteiger charge is 2.23. The van der Waals surface area contributed by atoms with Crippen molar-refractivity contribution in [3.05, 3.63) is 23.9 Å². The number of carbonyl (C=O) groups is 3. The Labute approximate surface area is 97.6 Å². The maximum Gasteiger partial charge on any atom is 0.246 e. The SMILES string of the molecule is CC(=O)c1ccc(N2CC(=O)NC(=O)C2)nc1. The van der Waals surface area contributed by atoms with Crippen LogP contribution in [0.1, 0.15) is 17.3 Å². The molecule has 17 heavy (non-hydrogen) atoms. The second kappa shape index (κ2) is 4.32. The van der Waals surface area contributed by atoms with Crippen molar-refractivity contribution in [3.8, 4) is 0 Å². The van der Waals surface area contributed by atoms with Crippen molar-refractivity contribution in [2.45, 2.75) is 6.92 Å². The first-order valence-corrected chi connectivity index (χ1v) is 5.11. The van der Waals surface area contributed by atoms with Gasteiger partial charge in [-0.1, -0.05) is 0 Å². The number of piperazine rings is 1. The molecule has 1 saturated heterocycles. The molecule has 6 nitrogen and oxygen atoms in total. The van der Waals surface area contributed by atoms with Gasteiger partial charge in [0.1, 0.15) is 5.82 Å². The summed E-state index contributed by atoms with van der Waals surface area (Å²) >= 11 is 0. The molecule has 2 amide bonds. The van der Waals surface area contributed by atoms with Crippen LogP contribution in [0.15, 0.2) is 18.3 Å². The van der Waals surface area contributed by atoms with Gasteiger partial charge in [-0.3, -0.25) is 19.7 Å². The molecule has 88 valence electrons. The van der Waals surface area contributed by atoms with E-state index in [1.54, 1.807) is 17.0 Å². The third-order valence-electron chi connectivity index (χ3n) is 2.43. The summed E-state index contributed by atoms with van der Waals surface area (Å²) in [5.41, 5.74) is 0.501. The van der Waals surface area contributed by atoms with Gasteiger partial charge in [0.15, 0.2) is 5.78 Å². The largest absolute Gasteiger partial charge is 0.338 e. The predicted molar refractivity (Wildman–Crippen MR) is 59.6 cm³/mol. The molecule has 2 heterocycles. The number of Topliss-reactive ketones (excluding diaryl/α,β-unsaturated/α-hetero) is 1. The van der Waals surface area contributed by atoms with E-state index in [0.29, 0.717) is 11.4 Å². The number of ketones is 1. The lowest BCUT2D eigenvalue weighted by Crippen LogP contribution is -2.51. The highest BCUT2D eigenvalue weighted by atomic mass is 16.2. The molecule has 0 saturated carbocycles. The van der Waals surface area contributed by atoms with E-state index < -0.39 is 0 Å². The lowest BCUT2D eigenvalue weighted by Gasteiger charge is -2.26. The summed E-state index contributed by atoms with van der Waals surface area (Å²) in [6.07, 6.45) is 1.44. The molecule has 1 fully saturated rings. The minimum atomic E-state index is -0.348. The number of pyridine rings is 1. The number of carbonyl (C=O) groups excluding carboxylic acids is 3. The fourth-order valence-electron chi connectivity index (χ4n) is 1.58. The molecular formula is C11H11N3O3. The predicted octanol–water partition coefficient (Wildman–Crippen LogP) is -0.253. The first-order chi connectivity index (χ1) is 8.06. The molecule has 2 rings (SSSR count). The fraction of sp³-hybridized carbons (Fsp3) is 0.273. The molecule has 1 aliphatic heterocycles. The van der Waals surface area contributed by atoms with E-state index in [1.807, 2.05) is 0 Å². The topological polar surface area (TPSA) is 79.4 Å². The van der Waals surface area contributed by atoms with Crippen LogP contribution in [0.3, 0.4) is 0 Å². The molecule has 0 radical (unpaired) electrons. The second-order valence-corrected chi connectivity index (χ2v) is 3.79. The number of rotatable bonds is 2. The summed E-state index contributed by atoms with van der Waals surface area (Å²) in [5, 5.41) is 2.21. The standard InChI is InChI=1S/C11H11N3O3/c1-7(15)8-2-3-9(12-4-8)14-5-10(16)13-11(17)6-14/h2-4H,5-6H2,1H3,(H,13,16,17). The van der Waals surface area contributed by atoms with Crippen LogP contribution in [0.25, 0.3) is 0 Å². The Bertz CT molecular complexity index is 465. The Kier molecular flexibility index (Phi) is 2.86. The lowest BCUT2D eigenvalue weighted by molar-refractivity contribution is -0.130. The van der Waals surface area contributed by atoms with Gasteiger partial charge in [0.05, 0.1) is 13.1 Å². The summed E-state index contributed by atoms with van der Waals surface area (Å²) in [4.78, 5) is 39.0. The van der Waals surface area contributed by atoms with Crippen molar-refractivity contribution in [1.82, 2.24) is 10.3 Å². The Morgan fingerprint density at radius 1 is 1.29 bits per heavy atom. The van der Waals surface area contributed by atoms with E-state index in [2.05, 4.69) is 10.3 Å². The molecule has 1 aromatic heterocycles. The molecule has 1 N–H and O–H groups in total. The average molecular weight is 233 g/mol. The van der Waals surface area contributed by atoms with Crippen molar-refractivity contribution >= 4 is 23.4 Å². The Morgan fingerprint density at radius 3 is 2.41 bits per heavy atom. The Morgan fingerprint density at radius 2 is 1.94 bits per heavy atom. The smallest absolute Gasteiger partial charge is 0.246 e. The third-order valence-corrected chi connectivity index (χ3v) is 2.43. The molecule has 1 aromatic rings. The zero-order valence-corrected chi connectivity index (χ0v) is 9.27. The molecule has 0 aliphatic carbocycles. The van der Waals surface area contributed by atoms with Crippen LogP contribution in [0.5, 0.6) is 0 Å². The van der Waals surface area contributed by atoms with Crippen LogP contribution >= 0.6 is 0 Å². The maximum atomic E-state index is 11.2. The number of nitrogens with zero attached hydrogens (tertiary/aromatic N) is 2. The van der Waals surface area contributed by atoms with Gasteiger partial charge in [-0.25, -0.2) is 4.98 Å². The highest BCUT2D eigenvalue weighted by Crippen LogP contribution is 2.12. The fourth-order valence-corrected chi connectivity index (χ4v) is 1.58. The van der Waals surface area contributed by atoms with Crippen molar-refractivity contribution in [3.63, 3.8) is 0 Å². The molecule has 0 bridgehead atoms. The average Bonchev–Trinajstić information content (AvgIpc) is 2.28. The lowest BCUT2D eigenvalue weighted by atomic mass is 10.2. The minimum absolute atomic E-state index is 0.0727. The van der Waals surface area contributed by atoms with Gasteiger partial charge in [-0.2, -0.15) is 0 Å². The maximum absolute atomic E-state index is 11.2. The van der Waals surface area contributed by atoms with Gasteiger partial charge >= 0.3 is 0 Å². The molecule has 1 aliphatic rings. The summed E-state index contributed by atoms with van der Waals surface area (Å²) < 4.78 is 0. The second-order valence-electron chi connectivity index (χ2n) is 3.79. The van der Waals surface area contributed by atoms with E-state index in [4.69, 9.17) is 0 Å². The van der Waals surface area contributed by atoms with Crippen LogP contribution in [0.2, 0.25) is 0 Å². The third kappa shape index (κ3) is 2.47. The van der Waals surface area contributed by atoms with Gasteiger partial charge in [-0.15, -0.1) is 0 Å². The van der Waals surface area contributed by atoms with Gasteiger partial charge in [0.25, 0.3) is 0 Å². The zero-order chi connectivity index (χ0) is 12.4. The Balaban J connectivity index is 2.19. The van der Waals surface area contributed by atoms with Crippen molar-refractivity contribution in [2.24, 2.45) is 0 Å². The van der Waals surface area contributed by atoms with Crippen molar-refractivity contribution in [1.29, 1.82) is 0 Å². The van der Waals surface area contributed by atoms with Crippen LogP contribution < -0.4 is 10.2 Å². The van der Waals surface area contributed by atoms with E-state index in [1.165, 1.54) is 13.1 Å². The van der Waals surface area contributed by atoms with Crippen molar-refractivity contribution in [2.75, 3.05) is 18.0 Å². The summed E-state index contributed by atoms with van der Waals surface area (Å²) in [7, 11) is 0. The quantitative estimate of drug-likeness (QED) is 0.562. The van der Waals surface area contributed by atoms with E-state index in [0.717, 1.165) is 0 Å². The monoisotopic (exact) mass is 233 g/mol. The first kappa shape index (κ1) is 11.3. The van der Waals surface area contributed by atoms with Gasteiger partial charge < -0.3 is 4.90 Å². The van der Waals surface area contributed by atoms with E-state index >= 15 is 0 Å². The number of hydrogen-bond donors (Lipinski definition) is 1. The first-order valence-electron chi connectivity index (χ1n) is 5.11. The highest BCUT2D eigenvalue weighted by molar-refractivity contribution is 6.02. The van der Waals surface area contributed by atoms with Crippen LogP contribution in [0.4, 0.5) is 5.82 Å². The van der Waals surface area contributed by atoms with Crippen molar-refractivity contribution < 1.29 is 14.4 Å². The Hall–Kier alpha value is -2.24. The minimum Gasteiger partial charge on any atom is -0.338 e. The normalized spacial score (nSPS) is 15.7. The number of nitrogens with one attached hydrogen (secondary N) is 1. The summed E-state index contributed by atoms with van der Waals surface area (Å²) in [6, 6.07) is 3.25. The molecule has 0 unspecified atom stereocenters. The molecule has 0 spiro atoms. The van der Waals surface area contributed by atoms with Gasteiger partial charge in [-0.05, 0) is 19.1 Å². The van der Waals surface area contributed by atoms with Crippen LogP contribution in [-0.4, -0.2) is 35.7 Å². The number of aromatic nitrogens is 1. The zero-order valence-electron chi connectivity index (χ0n) is 9.27. The van der Waals surface area contributed by atoms with E-state index in [9.17, 15) is 14.4 Å².